The number of carbonyl (C=O) groups is 1. The maximum Gasteiger partial charge on any atom is 0.222 e. The van der Waals surface area contributed by atoms with Crippen molar-refractivity contribution in [1.82, 2.24) is 20.4 Å². The summed E-state index contributed by atoms with van der Waals surface area (Å²) in [5, 5.41) is 6.77. The smallest absolute Gasteiger partial charge is 0.222 e. The van der Waals surface area contributed by atoms with Gasteiger partial charge in [0.05, 0.1) is 0 Å². The fraction of sp³-hybridized carbons (Fsp3) is 0.900. The summed E-state index contributed by atoms with van der Waals surface area (Å²) in [7, 11) is 0. The Morgan fingerprint density at radius 3 is 2.52 bits per heavy atom. The van der Waals surface area contributed by atoms with E-state index in [-0.39, 0.29) is 24.0 Å². The molecule has 6 nitrogen and oxygen atoms in total. The number of halogens is 1. The molecule has 0 bridgehead atoms. The average Bonchev–Trinajstić information content (AvgIpc) is 2.99. The molecule has 2 N–H and O–H groups in total. The first-order chi connectivity index (χ1) is 12.6. The Labute approximate surface area is 182 Å². The van der Waals surface area contributed by atoms with Crippen molar-refractivity contribution in [3.05, 3.63) is 0 Å². The summed E-state index contributed by atoms with van der Waals surface area (Å²) in [6, 6.07) is 0. The van der Waals surface area contributed by atoms with Crippen molar-refractivity contribution in [2.75, 3.05) is 52.4 Å². The van der Waals surface area contributed by atoms with Crippen molar-refractivity contribution in [2.24, 2.45) is 16.8 Å². The van der Waals surface area contributed by atoms with Gasteiger partial charge in [-0.1, -0.05) is 13.8 Å². The first-order valence-electron chi connectivity index (χ1n) is 10.6. The van der Waals surface area contributed by atoms with Gasteiger partial charge in [-0.15, -0.1) is 24.0 Å². The predicted octanol–water partition coefficient (Wildman–Crippen LogP) is 2.54. The molecule has 0 spiro atoms. The maximum absolute atomic E-state index is 11.6. The van der Waals surface area contributed by atoms with Crippen LogP contribution >= 0.6 is 24.0 Å². The molecule has 0 aromatic carbocycles. The van der Waals surface area contributed by atoms with Crippen LogP contribution in [0.4, 0.5) is 0 Å². The Morgan fingerprint density at radius 1 is 1.15 bits per heavy atom. The van der Waals surface area contributed by atoms with Gasteiger partial charge >= 0.3 is 0 Å². The molecule has 2 aliphatic rings. The summed E-state index contributed by atoms with van der Waals surface area (Å²) in [5.74, 6) is 2.86. The second-order valence-electron chi connectivity index (χ2n) is 8.08. The lowest BCUT2D eigenvalue weighted by Crippen LogP contribution is -2.41. The quantitative estimate of drug-likeness (QED) is 0.224. The fourth-order valence-corrected chi connectivity index (χ4v) is 4.22. The predicted molar refractivity (Wildman–Crippen MR) is 124 cm³/mol. The number of nitrogens with one attached hydrogen (secondary N) is 2. The first kappa shape index (κ1) is 24.5. The monoisotopic (exact) mass is 493 g/mol. The van der Waals surface area contributed by atoms with Crippen LogP contribution in [-0.2, 0) is 4.79 Å². The van der Waals surface area contributed by atoms with E-state index in [4.69, 9.17) is 0 Å². The number of guanidine groups is 1. The summed E-state index contributed by atoms with van der Waals surface area (Å²) in [4.78, 5) is 20.8. The molecule has 2 heterocycles. The average molecular weight is 493 g/mol. The second kappa shape index (κ2) is 13.6. The van der Waals surface area contributed by atoms with Crippen molar-refractivity contribution in [2.45, 2.75) is 52.9 Å². The lowest BCUT2D eigenvalue weighted by molar-refractivity contribution is -0.127. The molecule has 0 aromatic rings. The molecular weight excluding hydrogens is 453 g/mol. The third-order valence-electron chi connectivity index (χ3n) is 5.26. The molecule has 2 fully saturated rings. The normalized spacial score (nSPS) is 24.0. The van der Waals surface area contributed by atoms with E-state index in [1.165, 1.54) is 19.5 Å². The minimum absolute atomic E-state index is 0. The van der Waals surface area contributed by atoms with Gasteiger partial charge in [-0.05, 0) is 51.0 Å². The number of hydrogen-bond acceptors (Lipinski definition) is 3. The number of piperidine rings is 1. The molecule has 0 radical (unpaired) electrons. The third kappa shape index (κ3) is 9.45. The minimum Gasteiger partial charge on any atom is -0.357 e. The Balaban J connectivity index is 0.00000364. The largest absolute Gasteiger partial charge is 0.357 e. The summed E-state index contributed by atoms with van der Waals surface area (Å²) in [6.45, 7) is 14.8. The number of amides is 1. The number of rotatable bonds is 9. The van der Waals surface area contributed by atoms with Gasteiger partial charge in [0.25, 0.3) is 0 Å². The van der Waals surface area contributed by atoms with Crippen LogP contribution in [0.3, 0.4) is 0 Å². The van der Waals surface area contributed by atoms with E-state index in [1.807, 2.05) is 4.90 Å². The number of aliphatic imine (C=N–C) groups is 1. The maximum atomic E-state index is 11.6. The molecule has 27 heavy (non-hydrogen) atoms. The van der Waals surface area contributed by atoms with E-state index >= 15 is 0 Å². The summed E-state index contributed by atoms with van der Waals surface area (Å²) >= 11 is 0. The summed E-state index contributed by atoms with van der Waals surface area (Å²) in [5.41, 5.74) is 0. The Hall–Kier alpha value is -0.570. The van der Waals surface area contributed by atoms with Crippen LogP contribution in [-0.4, -0.2) is 74.0 Å². The Bertz CT molecular complexity index is 450. The summed E-state index contributed by atoms with van der Waals surface area (Å²) in [6.07, 6.45) is 5.19. The van der Waals surface area contributed by atoms with Crippen LogP contribution in [0.2, 0.25) is 0 Å². The zero-order chi connectivity index (χ0) is 18.8. The van der Waals surface area contributed by atoms with Crippen molar-refractivity contribution >= 4 is 35.8 Å². The molecule has 0 saturated carbocycles. The van der Waals surface area contributed by atoms with E-state index in [0.717, 1.165) is 82.7 Å². The van der Waals surface area contributed by atoms with Gasteiger partial charge < -0.3 is 20.4 Å². The van der Waals surface area contributed by atoms with Crippen LogP contribution in [0, 0.1) is 11.8 Å². The molecule has 158 valence electrons. The lowest BCUT2D eigenvalue weighted by Gasteiger charge is -2.35. The van der Waals surface area contributed by atoms with Gasteiger partial charge in [0.2, 0.25) is 5.91 Å². The van der Waals surface area contributed by atoms with E-state index in [2.05, 4.69) is 41.3 Å². The van der Waals surface area contributed by atoms with Crippen molar-refractivity contribution in [3.63, 3.8) is 0 Å². The molecular formula is C20H40IN5O. The molecule has 2 atom stereocenters. The third-order valence-corrected chi connectivity index (χ3v) is 5.26. The zero-order valence-electron chi connectivity index (χ0n) is 17.5. The highest BCUT2D eigenvalue weighted by Crippen LogP contribution is 2.20. The van der Waals surface area contributed by atoms with Gasteiger partial charge in [-0.3, -0.25) is 9.79 Å². The Morgan fingerprint density at radius 2 is 1.89 bits per heavy atom. The fourth-order valence-electron chi connectivity index (χ4n) is 4.22. The zero-order valence-corrected chi connectivity index (χ0v) is 19.8. The minimum atomic E-state index is 0. The first-order valence-corrected chi connectivity index (χ1v) is 10.6. The van der Waals surface area contributed by atoms with Crippen molar-refractivity contribution in [3.8, 4) is 0 Å². The van der Waals surface area contributed by atoms with Crippen LogP contribution in [0.5, 0.6) is 0 Å². The van der Waals surface area contributed by atoms with Crippen molar-refractivity contribution < 1.29 is 4.79 Å². The van der Waals surface area contributed by atoms with Crippen molar-refractivity contribution in [1.29, 1.82) is 0 Å². The number of carbonyl (C=O) groups excluding carboxylic acids is 1. The van der Waals surface area contributed by atoms with Gasteiger partial charge in [-0.2, -0.15) is 0 Å². The van der Waals surface area contributed by atoms with Crippen LogP contribution in [0.1, 0.15) is 52.9 Å². The van der Waals surface area contributed by atoms with Gasteiger partial charge in [0.1, 0.15) is 0 Å². The van der Waals surface area contributed by atoms with E-state index in [1.54, 1.807) is 0 Å². The highest BCUT2D eigenvalue weighted by molar-refractivity contribution is 14.0. The van der Waals surface area contributed by atoms with Crippen LogP contribution in [0.15, 0.2) is 4.99 Å². The van der Waals surface area contributed by atoms with Gasteiger partial charge in [-0.25, -0.2) is 0 Å². The number of nitrogens with zero attached hydrogens (tertiary/aromatic N) is 3. The van der Waals surface area contributed by atoms with E-state index in [0.29, 0.717) is 5.91 Å². The Kier molecular flexibility index (Phi) is 12.3. The highest BCUT2D eigenvalue weighted by atomic mass is 127. The molecule has 0 aromatic heterocycles. The summed E-state index contributed by atoms with van der Waals surface area (Å²) < 4.78 is 0. The van der Waals surface area contributed by atoms with Gasteiger partial charge in [0.15, 0.2) is 5.96 Å². The van der Waals surface area contributed by atoms with Crippen LogP contribution in [0.25, 0.3) is 0 Å². The highest BCUT2D eigenvalue weighted by Gasteiger charge is 2.21. The molecule has 2 unspecified atom stereocenters. The topological polar surface area (TPSA) is 60.0 Å². The SMILES string of the molecule is CCNC(=NCCCN1CCCC1=O)NCCCN1CC(C)CC(C)C1.I. The number of hydrogen-bond donors (Lipinski definition) is 2. The number of likely N-dealkylation sites (tertiary alicyclic amines) is 2. The van der Waals surface area contributed by atoms with E-state index < -0.39 is 0 Å². The van der Waals surface area contributed by atoms with Crippen LogP contribution < -0.4 is 10.6 Å². The standard InChI is InChI=1S/C20H39N5O.HI/c1-4-21-20(23-10-7-13-25-12-5-8-19(25)26)22-9-6-11-24-15-17(2)14-18(3)16-24;/h17-18H,4-16H2,1-3H3,(H2,21,22,23);1H. The molecule has 2 saturated heterocycles. The molecule has 0 aliphatic carbocycles. The molecule has 7 heteroatoms. The second-order valence-corrected chi connectivity index (χ2v) is 8.08. The molecule has 2 rings (SSSR count). The molecule has 2 aliphatic heterocycles. The lowest BCUT2D eigenvalue weighted by atomic mass is 9.92. The van der Waals surface area contributed by atoms with Gasteiger partial charge in [0, 0.05) is 52.2 Å². The molecule has 1 amide bonds. The van der Waals surface area contributed by atoms with E-state index in [9.17, 15) is 4.79 Å².